The highest BCUT2D eigenvalue weighted by molar-refractivity contribution is 5.49. The molecule has 1 rings (SSSR count). The van der Waals surface area contributed by atoms with Gasteiger partial charge in [-0.25, -0.2) is 0 Å². The molecular formula is C13H21NO3. The Labute approximate surface area is 102 Å². The van der Waals surface area contributed by atoms with Crippen molar-refractivity contribution in [2.24, 2.45) is 0 Å². The van der Waals surface area contributed by atoms with Gasteiger partial charge in [-0.3, -0.25) is 0 Å². The van der Waals surface area contributed by atoms with Crippen LogP contribution in [0.3, 0.4) is 0 Å². The molecule has 4 nitrogen and oxygen atoms in total. The molecule has 0 fully saturated rings. The van der Waals surface area contributed by atoms with E-state index >= 15 is 0 Å². The van der Waals surface area contributed by atoms with Crippen LogP contribution in [0.5, 0.6) is 5.75 Å². The minimum atomic E-state index is 0.186. The van der Waals surface area contributed by atoms with E-state index in [-0.39, 0.29) is 13.2 Å². The molecule has 0 spiro atoms. The van der Waals surface area contributed by atoms with Crippen molar-refractivity contribution in [2.75, 3.05) is 38.3 Å². The van der Waals surface area contributed by atoms with Crippen molar-refractivity contribution in [3.8, 4) is 5.75 Å². The summed E-state index contributed by atoms with van der Waals surface area (Å²) in [5.74, 6) is 0.831. The zero-order valence-electron chi connectivity index (χ0n) is 10.3. The first-order chi connectivity index (χ1) is 8.31. The quantitative estimate of drug-likeness (QED) is 0.717. The van der Waals surface area contributed by atoms with Crippen LogP contribution in [-0.4, -0.2) is 43.6 Å². The van der Waals surface area contributed by atoms with E-state index in [4.69, 9.17) is 14.9 Å². The summed E-state index contributed by atoms with van der Waals surface area (Å²) in [5.41, 5.74) is 1.09. The highest BCUT2D eigenvalue weighted by atomic mass is 16.5. The Hall–Kier alpha value is -1.26. The standard InChI is InChI=1S/C13H21NO3/c1-17-13-6-4-12(5-7-13)14(8-2-10-15)9-3-11-16/h4-7,15-16H,2-3,8-11H2,1H3. The van der Waals surface area contributed by atoms with Crippen LogP contribution < -0.4 is 9.64 Å². The van der Waals surface area contributed by atoms with Crippen LogP contribution in [0.25, 0.3) is 0 Å². The van der Waals surface area contributed by atoms with Crippen molar-refractivity contribution in [1.29, 1.82) is 0 Å². The molecule has 1 aromatic rings. The lowest BCUT2D eigenvalue weighted by Crippen LogP contribution is -2.26. The average molecular weight is 239 g/mol. The second-order valence-electron chi connectivity index (χ2n) is 3.84. The first-order valence-corrected chi connectivity index (χ1v) is 5.92. The molecule has 0 aliphatic heterocycles. The van der Waals surface area contributed by atoms with Crippen LogP contribution in [0, 0.1) is 0 Å². The molecule has 0 aliphatic carbocycles. The van der Waals surface area contributed by atoms with Crippen molar-refractivity contribution in [2.45, 2.75) is 12.8 Å². The predicted molar refractivity (Wildman–Crippen MR) is 68.6 cm³/mol. The van der Waals surface area contributed by atoms with Gasteiger partial charge >= 0.3 is 0 Å². The third-order valence-corrected chi connectivity index (χ3v) is 2.61. The lowest BCUT2D eigenvalue weighted by Gasteiger charge is -2.24. The van der Waals surface area contributed by atoms with Crippen LogP contribution in [-0.2, 0) is 0 Å². The highest BCUT2D eigenvalue weighted by Crippen LogP contribution is 2.19. The first-order valence-electron chi connectivity index (χ1n) is 5.92. The number of hydrogen-bond acceptors (Lipinski definition) is 4. The summed E-state index contributed by atoms with van der Waals surface area (Å²) in [6, 6.07) is 7.82. The summed E-state index contributed by atoms with van der Waals surface area (Å²) in [7, 11) is 1.64. The van der Waals surface area contributed by atoms with Crippen LogP contribution in [0.15, 0.2) is 24.3 Å². The van der Waals surface area contributed by atoms with Gasteiger partial charge < -0.3 is 19.8 Å². The van der Waals surface area contributed by atoms with E-state index < -0.39 is 0 Å². The Morgan fingerprint density at radius 2 is 1.53 bits per heavy atom. The Balaban J connectivity index is 2.65. The monoisotopic (exact) mass is 239 g/mol. The minimum Gasteiger partial charge on any atom is -0.497 e. The summed E-state index contributed by atoms with van der Waals surface area (Å²) in [6.07, 6.45) is 1.47. The number of hydrogen-bond donors (Lipinski definition) is 2. The fraction of sp³-hybridized carbons (Fsp3) is 0.538. The number of benzene rings is 1. The van der Waals surface area contributed by atoms with Crippen molar-refractivity contribution in [1.82, 2.24) is 0 Å². The van der Waals surface area contributed by atoms with Gasteiger partial charge in [0.15, 0.2) is 0 Å². The van der Waals surface area contributed by atoms with Gasteiger partial charge in [-0.15, -0.1) is 0 Å². The molecule has 0 amide bonds. The number of methoxy groups -OCH3 is 1. The van der Waals surface area contributed by atoms with Crippen molar-refractivity contribution < 1.29 is 14.9 Å². The van der Waals surface area contributed by atoms with Crippen LogP contribution in [0.2, 0.25) is 0 Å². The minimum absolute atomic E-state index is 0.186. The second-order valence-corrected chi connectivity index (χ2v) is 3.84. The molecule has 17 heavy (non-hydrogen) atoms. The lowest BCUT2D eigenvalue weighted by molar-refractivity contribution is 0.282. The Morgan fingerprint density at radius 1 is 1.00 bits per heavy atom. The van der Waals surface area contributed by atoms with Gasteiger partial charge in [-0.2, -0.15) is 0 Å². The molecule has 0 bridgehead atoms. The summed E-state index contributed by atoms with van der Waals surface area (Å²) < 4.78 is 5.11. The molecule has 0 aliphatic rings. The van der Waals surface area contributed by atoms with E-state index in [0.717, 1.165) is 37.4 Å². The molecule has 2 N–H and O–H groups in total. The Morgan fingerprint density at radius 3 is 1.94 bits per heavy atom. The number of anilines is 1. The maximum Gasteiger partial charge on any atom is 0.119 e. The van der Waals surface area contributed by atoms with Gasteiger partial charge in [-0.1, -0.05) is 0 Å². The van der Waals surface area contributed by atoms with Crippen LogP contribution in [0.1, 0.15) is 12.8 Å². The number of nitrogens with zero attached hydrogens (tertiary/aromatic N) is 1. The normalized spacial score (nSPS) is 10.3. The Kier molecular flexibility index (Phi) is 6.43. The molecule has 0 atom stereocenters. The van der Waals surface area contributed by atoms with Crippen LogP contribution in [0.4, 0.5) is 5.69 Å². The third kappa shape index (κ3) is 4.63. The van der Waals surface area contributed by atoms with E-state index in [1.165, 1.54) is 0 Å². The van der Waals surface area contributed by atoms with Gasteiger partial charge in [-0.05, 0) is 37.1 Å². The van der Waals surface area contributed by atoms with Gasteiger partial charge in [0.05, 0.1) is 7.11 Å². The highest BCUT2D eigenvalue weighted by Gasteiger charge is 2.05. The summed E-state index contributed by atoms with van der Waals surface area (Å²) in [5, 5.41) is 17.7. The molecule has 0 saturated heterocycles. The van der Waals surface area contributed by atoms with E-state index in [2.05, 4.69) is 4.90 Å². The average Bonchev–Trinajstić information content (AvgIpc) is 2.39. The molecular weight excluding hydrogens is 218 g/mol. The molecule has 0 heterocycles. The zero-order valence-corrected chi connectivity index (χ0v) is 10.3. The third-order valence-electron chi connectivity index (χ3n) is 2.61. The zero-order chi connectivity index (χ0) is 12.5. The van der Waals surface area contributed by atoms with Gasteiger partial charge in [0.25, 0.3) is 0 Å². The summed E-state index contributed by atoms with van der Waals surface area (Å²) in [4.78, 5) is 2.16. The molecule has 96 valence electrons. The fourth-order valence-electron chi connectivity index (χ4n) is 1.69. The fourth-order valence-corrected chi connectivity index (χ4v) is 1.69. The van der Waals surface area contributed by atoms with Gasteiger partial charge in [0.2, 0.25) is 0 Å². The first kappa shape index (κ1) is 13.8. The molecule has 4 heteroatoms. The number of aliphatic hydroxyl groups excluding tert-OH is 2. The molecule has 1 aromatic carbocycles. The molecule has 0 saturated carbocycles. The van der Waals surface area contributed by atoms with Gasteiger partial charge in [0, 0.05) is 32.0 Å². The molecule has 0 unspecified atom stereocenters. The molecule has 0 aromatic heterocycles. The number of aliphatic hydroxyl groups is 2. The van der Waals surface area contributed by atoms with E-state index in [1.54, 1.807) is 7.11 Å². The maximum absolute atomic E-state index is 8.87. The molecule has 0 radical (unpaired) electrons. The number of ether oxygens (including phenoxy) is 1. The topological polar surface area (TPSA) is 52.9 Å². The van der Waals surface area contributed by atoms with Crippen molar-refractivity contribution >= 4 is 5.69 Å². The summed E-state index contributed by atoms with van der Waals surface area (Å²) in [6.45, 7) is 1.96. The second kappa shape index (κ2) is 7.92. The van der Waals surface area contributed by atoms with Crippen molar-refractivity contribution in [3.63, 3.8) is 0 Å². The smallest absolute Gasteiger partial charge is 0.119 e. The van der Waals surface area contributed by atoms with E-state index in [1.807, 2.05) is 24.3 Å². The van der Waals surface area contributed by atoms with E-state index in [0.29, 0.717) is 0 Å². The van der Waals surface area contributed by atoms with Crippen LogP contribution >= 0.6 is 0 Å². The predicted octanol–water partition coefficient (Wildman–Crippen LogP) is 1.27. The largest absolute Gasteiger partial charge is 0.497 e. The Bertz CT molecular complexity index is 292. The van der Waals surface area contributed by atoms with E-state index in [9.17, 15) is 0 Å². The van der Waals surface area contributed by atoms with Crippen molar-refractivity contribution in [3.05, 3.63) is 24.3 Å². The maximum atomic E-state index is 8.87. The lowest BCUT2D eigenvalue weighted by atomic mass is 10.2. The summed E-state index contributed by atoms with van der Waals surface area (Å²) >= 11 is 0. The van der Waals surface area contributed by atoms with Gasteiger partial charge in [0.1, 0.15) is 5.75 Å². The number of rotatable bonds is 8. The SMILES string of the molecule is COc1ccc(N(CCCO)CCCO)cc1.